The molecule has 1 amide bonds. The summed E-state index contributed by atoms with van der Waals surface area (Å²) in [6.45, 7) is 4.49. The van der Waals surface area contributed by atoms with Crippen LogP contribution in [0.2, 0.25) is 0 Å². The largest absolute Gasteiger partial charge is 0.338 e. The fraction of sp³-hybridized carbons (Fsp3) is 0.667. The molecule has 0 aliphatic carbocycles. The third-order valence-corrected chi connectivity index (χ3v) is 8.33. The molecule has 1 atom stereocenters. The molecule has 1 aromatic rings. The highest BCUT2D eigenvalue weighted by Crippen LogP contribution is 2.26. The molecule has 2 fully saturated rings. The molecule has 0 spiro atoms. The van der Waals surface area contributed by atoms with Crippen LogP contribution in [-0.2, 0) is 27.6 Å². The molecule has 0 aromatic heterocycles. The van der Waals surface area contributed by atoms with Gasteiger partial charge in [-0.15, -0.1) is 0 Å². The summed E-state index contributed by atoms with van der Waals surface area (Å²) in [5.41, 5.74) is 2.67. The normalized spacial score (nSPS) is 26.1. The molecule has 1 unspecified atom stereocenters. The monoisotopic (exact) mass is 390 g/mol. The van der Waals surface area contributed by atoms with Crippen LogP contribution in [0.25, 0.3) is 0 Å². The Labute approximate surface area is 162 Å². The van der Waals surface area contributed by atoms with Crippen LogP contribution < -0.4 is 0 Å². The Kier molecular flexibility index (Phi) is 5.55. The van der Waals surface area contributed by atoms with Gasteiger partial charge in [0.25, 0.3) is 0 Å². The molecule has 5 nitrogen and oxygen atoms in total. The molecule has 148 valence electrons. The predicted molar refractivity (Wildman–Crippen MR) is 106 cm³/mol. The Morgan fingerprint density at radius 1 is 1.00 bits per heavy atom. The third kappa shape index (κ3) is 4.72. The second kappa shape index (κ2) is 7.92. The van der Waals surface area contributed by atoms with Gasteiger partial charge in [0.05, 0.1) is 11.5 Å². The molecular weight excluding hydrogens is 360 g/mol. The van der Waals surface area contributed by atoms with E-state index in [9.17, 15) is 13.2 Å². The number of hydrogen-bond donors (Lipinski definition) is 0. The summed E-state index contributed by atoms with van der Waals surface area (Å²) < 4.78 is 23.2. The van der Waals surface area contributed by atoms with Gasteiger partial charge in [-0.05, 0) is 61.7 Å². The molecule has 3 heterocycles. The fourth-order valence-corrected chi connectivity index (χ4v) is 6.69. The smallest absolute Gasteiger partial charge is 0.223 e. The van der Waals surface area contributed by atoms with Crippen LogP contribution >= 0.6 is 0 Å². The highest BCUT2D eigenvalue weighted by Gasteiger charge is 2.31. The Hall–Kier alpha value is -1.40. The first-order chi connectivity index (χ1) is 13.0. The van der Waals surface area contributed by atoms with Gasteiger partial charge in [-0.3, -0.25) is 4.79 Å². The summed E-state index contributed by atoms with van der Waals surface area (Å²) >= 11 is 0. The van der Waals surface area contributed by atoms with Crippen LogP contribution in [0.15, 0.2) is 24.3 Å². The van der Waals surface area contributed by atoms with Crippen molar-refractivity contribution < 1.29 is 13.2 Å². The van der Waals surface area contributed by atoms with E-state index in [2.05, 4.69) is 29.2 Å². The van der Waals surface area contributed by atoms with Crippen molar-refractivity contribution in [2.45, 2.75) is 38.6 Å². The summed E-state index contributed by atoms with van der Waals surface area (Å²) in [6, 6.07) is 8.43. The summed E-state index contributed by atoms with van der Waals surface area (Å²) in [7, 11) is -2.78. The van der Waals surface area contributed by atoms with Crippen molar-refractivity contribution in [1.29, 1.82) is 0 Å². The van der Waals surface area contributed by atoms with E-state index in [1.807, 2.05) is 4.90 Å². The zero-order valence-corrected chi connectivity index (χ0v) is 16.8. The van der Waals surface area contributed by atoms with Gasteiger partial charge >= 0.3 is 0 Å². The number of carbonyl (C=O) groups excluding carboxylic acids is 1. The van der Waals surface area contributed by atoms with Gasteiger partial charge in [-0.1, -0.05) is 24.3 Å². The van der Waals surface area contributed by atoms with Crippen LogP contribution in [0.4, 0.5) is 0 Å². The van der Waals surface area contributed by atoms with Gasteiger partial charge in [0.2, 0.25) is 5.91 Å². The van der Waals surface area contributed by atoms with E-state index >= 15 is 0 Å². The van der Waals surface area contributed by atoms with Gasteiger partial charge < -0.3 is 9.80 Å². The number of likely N-dealkylation sites (tertiary alicyclic amines) is 1. The lowest BCUT2D eigenvalue weighted by atomic mass is 9.91. The Morgan fingerprint density at radius 2 is 1.74 bits per heavy atom. The highest BCUT2D eigenvalue weighted by atomic mass is 32.2. The van der Waals surface area contributed by atoms with Crippen molar-refractivity contribution in [2.75, 3.05) is 37.7 Å². The van der Waals surface area contributed by atoms with Gasteiger partial charge in [-0.25, -0.2) is 8.42 Å². The van der Waals surface area contributed by atoms with Gasteiger partial charge in [0.15, 0.2) is 9.84 Å². The van der Waals surface area contributed by atoms with Crippen LogP contribution in [0, 0.1) is 11.8 Å². The average molecular weight is 391 g/mol. The molecule has 2 saturated heterocycles. The lowest BCUT2D eigenvalue weighted by Gasteiger charge is -2.35. The zero-order chi connectivity index (χ0) is 18.9. The van der Waals surface area contributed by atoms with Crippen LogP contribution in [-0.4, -0.2) is 61.8 Å². The molecule has 6 heteroatoms. The number of nitrogens with zero attached hydrogens (tertiary/aromatic N) is 2. The van der Waals surface area contributed by atoms with Crippen molar-refractivity contribution >= 4 is 15.7 Å². The number of benzene rings is 1. The van der Waals surface area contributed by atoms with Crippen molar-refractivity contribution in [3.63, 3.8) is 0 Å². The maximum atomic E-state index is 12.8. The number of carbonyl (C=O) groups is 1. The molecule has 0 N–H and O–H groups in total. The zero-order valence-electron chi connectivity index (χ0n) is 16.0. The number of fused-ring (bicyclic) bond motifs is 1. The van der Waals surface area contributed by atoms with Crippen molar-refractivity contribution in [3.05, 3.63) is 35.4 Å². The van der Waals surface area contributed by atoms with E-state index in [0.717, 1.165) is 58.4 Å². The quantitative estimate of drug-likeness (QED) is 0.790. The first kappa shape index (κ1) is 18.9. The molecule has 27 heavy (non-hydrogen) atoms. The maximum absolute atomic E-state index is 12.8. The fourth-order valence-electron chi connectivity index (χ4n) is 4.84. The molecule has 0 saturated carbocycles. The minimum Gasteiger partial charge on any atom is -0.338 e. The van der Waals surface area contributed by atoms with E-state index in [1.54, 1.807) is 0 Å². The summed E-state index contributed by atoms with van der Waals surface area (Å²) in [6.07, 6.45) is 4.54. The lowest BCUT2D eigenvalue weighted by Crippen LogP contribution is -2.40. The molecule has 0 radical (unpaired) electrons. The number of rotatable bonds is 4. The minimum absolute atomic E-state index is 0.296. The van der Waals surface area contributed by atoms with E-state index in [0.29, 0.717) is 35.7 Å². The molecule has 1 aromatic carbocycles. The van der Waals surface area contributed by atoms with Crippen LogP contribution in [0.1, 0.15) is 36.8 Å². The summed E-state index contributed by atoms with van der Waals surface area (Å²) in [4.78, 5) is 17.2. The first-order valence-corrected chi connectivity index (χ1v) is 12.1. The minimum atomic E-state index is -2.78. The summed E-state index contributed by atoms with van der Waals surface area (Å²) in [5.74, 6) is 1.80. The van der Waals surface area contributed by atoms with Crippen molar-refractivity contribution in [2.24, 2.45) is 11.8 Å². The highest BCUT2D eigenvalue weighted by molar-refractivity contribution is 7.91. The van der Waals surface area contributed by atoms with Gasteiger partial charge in [-0.2, -0.15) is 0 Å². The van der Waals surface area contributed by atoms with Gasteiger partial charge in [0, 0.05) is 26.1 Å². The lowest BCUT2D eigenvalue weighted by molar-refractivity contribution is -0.133. The Morgan fingerprint density at radius 3 is 2.44 bits per heavy atom. The van der Waals surface area contributed by atoms with Crippen molar-refractivity contribution in [3.8, 4) is 0 Å². The molecule has 4 rings (SSSR count). The number of amides is 1. The first-order valence-electron chi connectivity index (χ1n) is 10.3. The van der Waals surface area contributed by atoms with Crippen LogP contribution in [0.3, 0.4) is 0 Å². The summed E-state index contributed by atoms with van der Waals surface area (Å²) in [5, 5.41) is 0. The van der Waals surface area contributed by atoms with Crippen molar-refractivity contribution in [1.82, 2.24) is 9.80 Å². The topological polar surface area (TPSA) is 57.7 Å². The SMILES string of the molecule is O=C(CC1CCN(CC2CCS(=O)(=O)C2)CC1)N1CCc2ccccc2C1. The molecule has 3 aliphatic rings. The molecular formula is C21H30N2O3S. The number of sulfone groups is 1. The standard InChI is InChI=1S/C21H30N2O3S/c24-21(23-11-7-19-3-1-2-4-20(19)15-23)13-17-5-9-22(10-6-17)14-18-8-12-27(25,26)16-18/h1-4,17-18H,5-16H2. The number of hydrogen-bond acceptors (Lipinski definition) is 4. The predicted octanol–water partition coefficient (Wildman–Crippen LogP) is 2.11. The third-order valence-electron chi connectivity index (χ3n) is 6.50. The Bertz CT molecular complexity index is 784. The van der Waals surface area contributed by atoms with E-state index < -0.39 is 9.84 Å². The molecule has 3 aliphatic heterocycles. The second-order valence-corrected chi connectivity index (χ2v) is 10.8. The van der Waals surface area contributed by atoms with E-state index in [-0.39, 0.29) is 0 Å². The average Bonchev–Trinajstić information content (AvgIpc) is 3.01. The molecule has 0 bridgehead atoms. The van der Waals surface area contributed by atoms with E-state index in [1.165, 1.54) is 11.1 Å². The second-order valence-electron chi connectivity index (χ2n) is 8.55. The van der Waals surface area contributed by atoms with Crippen LogP contribution in [0.5, 0.6) is 0 Å². The maximum Gasteiger partial charge on any atom is 0.223 e. The van der Waals surface area contributed by atoms with Gasteiger partial charge in [0.1, 0.15) is 0 Å². The van der Waals surface area contributed by atoms with E-state index in [4.69, 9.17) is 0 Å². The number of piperidine rings is 1. The Balaban J connectivity index is 1.22.